The van der Waals surface area contributed by atoms with E-state index < -0.39 is 0 Å². The van der Waals surface area contributed by atoms with Crippen LogP contribution in [0.25, 0.3) is 0 Å². The Balaban J connectivity index is 0. The topological polar surface area (TPSA) is 0 Å². The standard InChI is InChI=1S/C13H13.3ClH.Ti/c1-11-6-2-5-9-13(11)10-12-7-3-4-8-12;;;;/h2-6,9H,7,10H2,1H3;3*1H;/q;;;;+3/p-3. The summed E-state index contributed by atoms with van der Waals surface area (Å²) >= 11 is 2.21. The number of rotatable bonds is 2. The minimum Gasteiger partial charge on any atom is -1.00 e. The van der Waals surface area contributed by atoms with Crippen LogP contribution in [0.5, 0.6) is 0 Å². The molecule has 1 aromatic rings. The second-order valence-corrected chi connectivity index (χ2v) is 4.57. The SMILES string of the molecule is Cc1ccccc1CC1=[C]([Ti+3])C=CC1.[Cl-].[Cl-].[Cl-]. The molecule has 0 spiro atoms. The largest absolute Gasteiger partial charge is 1.00 e. The van der Waals surface area contributed by atoms with Gasteiger partial charge in [-0.1, -0.05) is 0 Å². The molecule has 0 N–H and O–H groups in total. The summed E-state index contributed by atoms with van der Waals surface area (Å²) in [4.78, 5) is 0. The van der Waals surface area contributed by atoms with Gasteiger partial charge in [-0.2, -0.15) is 0 Å². The van der Waals surface area contributed by atoms with Crippen molar-refractivity contribution in [2.24, 2.45) is 0 Å². The third-order valence-electron chi connectivity index (χ3n) is 2.69. The van der Waals surface area contributed by atoms with E-state index in [9.17, 15) is 0 Å². The van der Waals surface area contributed by atoms with Crippen LogP contribution in [-0.4, -0.2) is 0 Å². The first-order chi connectivity index (χ1) is 6.77. The van der Waals surface area contributed by atoms with Gasteiger partial charge in [-0.05, 0) is 0 Å². The van der Waals surface area contributed by atoms with Crippen LogP contribution in [0.3, 0.4) is 0 Å². The Morgan fingerprint density at radius 2 is 1.76 bits per heavy atom. The Bertz CT molecular complexity index is 411. The first kappa shape index (κ1) is 19.6. The quantitative estimate of drug-likeness (QED) is 0.476. The first-order valence-electron chi connectivity index (χ1n) is 4.92. The summed E-state index contributed by atoms with van der Waals surface area (Å²) in [6.07, 6.45) is 6.74. The molecular formula is C13H13Cl3Ti. The number of hydrogen-bond donors (Lipinski definition) is 0. The van der Waals surface area contributed by atoms with Gasteiger partial charge in [-0.3, -0.25) is 0 Å². The summed E-state index contributed by atoms with van der Waals surface area (Å²) < 4.78 is 1.45. The van der Waals surface area contributed by atoms with Crippen LogP contribution in [0.15, 0.2) is 45.9 Å². The number of halogens is 3. The van der Waals surface area contributed by atoms with Crippen LogP contribution in [0, 0.1) is 6.92 Å². The van der Waals surface area contributed by atoms with Crippen LogP contribution in [-0.2, 0) is 26.9 Å². The maximum Gasteiger partial charge on any atom is -1.00 e. The summed E-state index contributed by atoms with van der Waals surface area (Å²) in [5.74, 6) is 0. The van der Waals surface area contributed by atoms with E-state index in [1.54, 1.807) is 5.57 Å². The summed E-state index contributed by atoms with van der Waals surface area (Å²) in [6, 6.07) is 8.65. The molecule has 0 saturated heterocycles. The normalized spacial score (nSPS) is 12.6. The van der Waals surface area contributed by atoms with E-state index in [1.165, 1.54) is 15.0 Å². The van der Waals surface area contributed by atoms with Gasteiger partial charge in [0.25, 0.3) is 0 Å². The third kappa shape index (κ3) is 5.20. The number of allylic oxidation sites excluding steroid dienone is 4. The van der Waals surface area contributed by atoms with Gasteiger partial charge in [0, 0.05) is 0 Å². The zero-order valence-electron chi connectivity index (χ0n) is 9.51. The average Bonchev–Trinajstić information content (AvgIpc) is 2.56. The van der Waals surface area contributed by atoms with Crippen LogP contribution >= 0.6 is 0 Å². The fraction of sp³-hybridized carbons (Fsp3) is 0.231. The first-order valence-corrected chi connectivity index (χ1v) is 5.70. The summed E-state index contributed by atoms with van der Waals surface area (Å²) in [5, 5.41) is 0. The molecule has 0 amide bonds. The Kier molecular flexibility index (Phi) is 10.7. The smallest absolute Gasteiger partial charge is 1.00 e. The van der Waals surface area contributed by atoms with Crippen molar-refractivity contribution in [3.63, 3.8) is 0 Å². The minimum atomic E-state index is 0. The van der Waals surface area contributed by atoms with E-state index in [-0.39, 0.29) is 37.2 Å². The maximum absolute atomic E-state index is 2.25. The zero-order valence-corrected chi connectivity index (χ0v) is 13.3. The van der Waals surface area contributed by atoms with Crippen LogP contribution < -0.4 is 37.2 Å². The monoisotopic (exact) mass is 322 g/mol. The molecule has 1 aromatic carbocycles. The van der Waals surface area contributed by atoms with Crippen molar-refractivity contribution in [3.05, 3.63) is 57.0 Å². The number of hydrogen-bond acceptors (Lipinski definition) is 0. The minimum absolute atomic E-state index is 0. The van der Waals surface area contributed by atoms with Crippen LogP contribution in [0.2, 0.25) is 0 Å². The van der Waals surface area contributed by atoms with Gasteiger partial charge < -0.3 is 37.2 Å². The fourth-order valence-corrected chi connectivity index (χ4v) is 2.23. The van der Waals surface area contributed by atoms with Crippen LogP contribution in [0.1, 0.15) is 17.5 Å². The van der Waals surface area contributed by atoms with Crippen molar-refractivity contribution in [2.75, 3.05) is 0 Å². The molecule has 1 aliphatic carbocycles. The molecule has 0 atom stereocenters. The van der Waals surface area contributed by atoms with Gasteiger partial charge in [0.1, 0.15) is 0 Å². The van der Waals surface area contributed by atoms with Crippen molar-refractivity contribution in [1.82, 2.24) is 0 Å². The van der Waals surface area contributed by atoms with Gasteiger partial charge in [-0.15, -0.1) is 0 Å². The van der Waals surface area contributed by atoms with E-state index >= 15 is 0 Å². The number of aryl methyl sites for hydroxylation is 1. The zero-order chi connectivity index (χ0) is 9.97. The average molecular weight is 323 g/mol. The molecule has 0 saturated carbocycles. The molecule has 17 heavy (non-hydrogen) atoms. The van der Waals surface area contributed by atoms with E-state index in [4.69, 9.17) is 0 Å². The Morgan fingerprint density at radius 3 is 2.29 bits per heavy atom. The maximum atomic E-state index is 2.25. The van der Waals surface area contributed by atoms with Crippen molar-refractivity contribution >= 4 is 0 Å². The molecular weight excluding hydrogens is 310 g/mol. The fourth-order valence-electron chi connectivity index (χ4n) is 1.75. The van der Waals surface area contributed by atoms with Crippen molar-refractivity contribution in [3.8, 4) is 0 Å². The predicted octanol–water partition coefficient (Wildman–Crippen LogP) is -5.69. The van der Waals surface area contributed by atoms with E-state index in [2.05, 4.69) is 63.8 Å². The van der Waals surface area contributed by atoms with Crippen molar-refractivity contribution in [2.45, 2.75) is 19.8 Å². The van der Waals surface area contributed by atoms with Crippen LogP contribution in [0.4, 0.5) is 0 Å². The second-order valence-electron chi connectivity index (χ2n) is 3.73. The molecule has 0 heterocycles. The molecule has 0 aliphatic heterocycles. The molecule has 90 valence electrons. The van der Waals surface area contributed by atoms with E-state index in [0.29, 0.717) is 0 Å². The molecule has 0 nitrogen and oxygen atoms in total. The summed E-state index contributed by atoms with van der Waals surface area (Å²) in [6.45, 7) is 2.19. The predicted molar refractivity (Wildman–Crippen MR) is 55.7 cm³/mol. The molecule has 0 aromatic heterocycles. The second kappa shape index (κ2) is 9.25. The molecule has 0 unspecified atom stereocenters. The third-order valence-corrected chi connectivity index (χ3v) is 3.51. The van der Waals surface area contributed by atoms with Crippen molar-refractivity contribution < 1.29 is 57.7 Å². The van der Waals surface area contributed by atoms with Gasteiger partial charge in [0.05, 0.1) is 0 Å². The van der Waals surface area contributed by atoms with Gasteiger partial charge in [0.15, 0.2) is 0 Å². The molecule has 0 bridgehead atoms. The van der Waals surface area contributed by atoms with Gasteiger partial charge in [-0.25, -0.2) is 0 Å². The molecule has 4 heteroatoms. The molecule has 1 aliphatic rings. The molecule has 0 radical (unpaired) electrons. The Morgan fingerprint density at radius 1 is 1.12 bits per heavy atom. The van der Waals surface area contributed by atoms with Gasteiger partial charge in [0.2, 0.25) is 0 Å². The molecule has 0 fully saturated rings. The summed E-state index contributed by atoms with van der Waals surface area (Å²) in [7, 11) is 0. The Hall–Kier alpha value is 0.284. The number of benzene rings is 1. The van der Waals surface area contributed by atoms with Crippen molar-refractivity contribution in [1.29, 1.82) is 0 Å². The van der Waals surface area contributed by atoms with E-state index in [1.807, 2.05) is 0 Å². The Labute approximate surface area is 134 Å². The summed E-state index contributed by atoms with van der Waals surface area (Å²) in [5.41, 5.74) is 4.43. The molecule has 2 rings (SSSR count). The van der Waals surface area contributed by atoms with Gasteiger partial charge >= 0.3 is 97.2 Å². The van der Waals surface area contributed by atoms with E-state index in [0.717, 1.165) is 12.8 Å².